The molecule has 0 bridgehead atoms. The van der Waals surface area contributed by atoms with E-state index in [0.29, 0.717) is 53.2 Å². The second-order valence-corrected chi connectivity index (χ2v) is 6.29. The molecule has 0 atom stereocenters. The number of hydrogen-bond acceptors (Lipinski definition) is 7. The summed E-state index contributed by atoms with van der Waals surface area (Å²) in [5, 5.41) is 2.84. The molecule has 1 N–H and O–H groups in total. The lowest BCUT2D eigenvalue weighted by Crippen LogP contribution is -2.17. The fourth-order valence-corrected chi connectivity index (χ4v) is 3.02. The Morgan fingerprint density at radius 1 is 0.897 bits per heavy atom. The van der Waals surface area contributed by atoms with E-state index in [0.717, 1.165) is 0 Å². The van der Waals surface area contributed by atoms with E-state index in [4.69, 9.17) is 23.7 Å². The van der Waals surface area contributed by atoms with E-state index in [1.54, 1.807) is 54.7 Å². The zero-order chi connectivity index (χ0) is 19.6. The normalized spacial score (nSPS) is 13.7. The van der Waals surface area contributed by atoms with Gasteiger partial charge in [-0.25, -0.2) is 4.98 Å². The summed E-state index contributed by atoms with van der Waals surface area (Å²) in [7, 11) is 0. The highest BCUT2D eigenvalue weighted by Crippen LogP contribution is 2.37. The standard InChI is InChI=1S/C21H16N2O6/c24-20(23-13-3-5-16-18(10-13)26-9-8-25-16)15-2-1-7-22-21(15)29-14-4-6-17-19(11-14)28-12-27-17/h1-7,10-11H,8-9,12H2,(H,23,24). The van der Waals surface area contributed by atoms with Crippen LogP contribution in [0.1, 0.15) is 10.4 Å². The van der Waals surface area contributed by atoms with E-state index in [1.165, 1.54) is 0 Å². The number of hydrogen-bond donors (Lipinski definition) is 1. The first kappa shape index (κ1) is 17.2. The number of nitrogens with one attached hydrogen (secondary N) is 1. The number of pyridine rings is 1. The van der Waals surface area contributed by atoms with E-state index in [1.807, 2.05) is 0 Å². The van der Waals surface area contributed by atoms with Crippen LogP contribution in [-0.2, 0) is 0 Å². The van der Waals surface area contributed by atoms with Crippen LogP contribution >= 0.6 is 0 Å². The van der Waals surface area contributed by atoms with Gasteiger partial charge in [0.2, 0.25) is 12.7 Å². The van der Waals surface area contributed by atoms with Crippen molar-refractivity contribution in [1.82, 2.24) is 4.98 Å². The van der Waals surface area contributed by atoms with Gasteiger partial charge < -0.3 is 29.0 Å². The largest absolute Gasteiger partial charge is 0.486 e. The van der Waals surface area contributed by atoms with Gasteiger partial charge in [-0.3, -0.25) is 4.79 Å². The van der Waals surface area contributed by atoms with Crippen LogP contribution in [-0.4, -0.2) is 30.9 Å². The number of rotatable bonds is 4. The third-order valence-corrected chi connectivity index (χ3v) is 4.37. The van der Waals surface area contributed by atoms with Gasteiger partial charge in [0.1, 0.15) is 24.5 Å². The molecule has 3 aromatic rings. The van der Waals surface area contributed by atoms with Gasteiger partial charge in [0.05, 0.1) is 0 Å². The van der Waals surface area contributed by atoms with Crippen molar-refractivity contribution in [2.24, 2.45) is 0 Å². The lowest BCUT2D eigenvalue weighted by atomic mass is 10.2. The van der Waals surface area contributed by atoms with Crippen LogP contribution in [0.15, 0.2) is 54.7 Å². The highest BCUT2D eigenvalue weighted by Gasteiger charge is 2.19. The number of ether oxygens (including phenoxy) is 5. The van der Waals surface area contributed by atoms with E-state index >= 15 is 0 Å². The Hall–Kier alpha value is -3.94. The minimum atomic E-state index is -0.356. The predicted molar refractivity (Wildman–Crippen MR) is 102 cm³/mol. The first-order valence-electron chi connectivity index (χ1n) is 9.00. The fraction of sp³-hybridized carbons (Fsp3) is 0.143. The third-order valence-electron chi connectivity index (χ3n) is 4.37. The summed E-state index contributed by atoms with van der Waals surface area (Å²) in [5.74, 6) is 2.79. The molecule has 0 saturated heterocycles. The summed E-state index contributed by atoms with van der Waals surface area (Å²) in [6, 6.07) is 13.7. The highest BCUT2D eigenvalue weighted by molar-refractivity contribution is 6.06. The van der Waals surface area contributed by atoms with Gasteiger partial charge >= 0.3 is 0 Å². The molecule has 5 rings (SSSR count). The lowest BCUT2D eigenvalue weighted by molar-refractivity contribution is 0.102. The van der Waals surface area contributed by atoms with Gasteiger partial charge in [-0.1, -0.05) is 0 Å². The van der Waals surface area contributed by atoms with Crippen molar-refractivity contribution in [2.75, 3.05) is 25.3 Å². The second-order valence-electron chi connectivity index (χ2n) is 6.29. The summed E-state index contributed by atoms with van der Waals surface area (Å²) in [5.41, 5.74) is 0.872. The number of benzene rings is 2. The number of anilines is 1. The van der Waals surface area contributed by atoms with Gasteiger partial charge in [-0.05, 0) is 36.4 Å². The topological polar surface area (TPSA) is 88.1 Å². The molecule has 8 nitrogen and oxygen atoms in total. The Labute approximate surface area is 165 Å². The van der Waals surface area contributed by atoms with Crippen LogP contribution in [0.2, 0.25) is 0 Å². The van der Waals surface area contributed by atoms with Crippen molar-refractivity contribution in [3.8, 4) is 34.6 Å². The van der Waals surface area contributed by atoms with Crippen LogP contribution in [0.25, 0.3) is 0 Å². The van der Waals surface area contributed by atoms with Crippen LogP contribution in [0, 0.1) is 0 Å². The predicted octanol–water partition coefficient (Wildman–Crippen LogP) is 3.63. The smallest absolute Gasteiger partial charge is 0.261 e. The number of fused-ring (bicyclic) bond motifs is 2. The number of carbonyl (C=O) groups excluding carboxylic acids is 1. The molecular formula is C21H16N2O6. The third kappa shape index (κ3) is 3.47. The second kappa shape index (κ2) is 7.23. The molecule has 0 spiro atoms. The number of carbonyl (C=O) groups is 1. The molecule has 1 aromatic heterocycles. The maximum absolute atomic E-state index is 12.8. The van der Waals surface area contributed by atoms with Crippen molar-refractivity contribution in [2.45, 2.75) is 0 Å². The number of aromatic nitrogens is 1. The maximum atomic E-state index is 12.8. The Morgan fingerprint density at radius 2 is 1.66 bits per heavy atom. The minimum Gasteiger partial charge on any atom is -0.486 e. The molecule has 0 radical (unpaired) electrons. The van der Waals surface area contributed by atoms with Crippen molar-refractivity contribution in [1.29, 1.82) is 0 Å². The quantitative estimate of drug-likeness (QED) is 0.725. The summed E-state index contributed by atoms with van der Waals surface area (Å²) >= 11 is 0. The summed E-state index contributed by atoms with van der Waals surface area (Å²) in [6.45, 7) is 1.15. The van der Waals surface area contributed by atoms with Crippen molar-refractivity contribution < 1.29 is 28.5 Å². The van der Waals surface area contributed by atoms with Gasteiger partial charge in [-0.2, -0.15) is 0 Å². The molecule has 8 heteroatoms. The minimum absolute atomic E-state index is 0.172. The van der Waals surface area contributed by atoms with Gasteiger partial charge in [0, 0.05) is 24.0 Å². The lowest BCUT2D eigenvalue weighted by Gasteiger charge is -2.19. The molecule has 0 aliphatic carbocycles. The average Bonchev–Trinajstić information content (AvgIpc) is 3.22. The van der Waals surface area contributed by atoms with Gasteiger partial charge in [0.25, 0.3) is 5.91 Å². The molecule has 1 amide bonds. The molecule has 0 saturated carbocycles. The zero-order valence-electron chi connectivity index (χ0n) is 15.2. The summed E-state index contributed by atoms with van der Waals surface area (Å²) in [4.78, 5) is 17.0. The number of amides is 1. The molecule has 3 heterocycles. The zero-order valence-corrected chi connectivity index (χ0v) is 15.2. The van der Waals surface area contributed by atoms with Crippen LogP contribution in [0.4, 0.5) is 5.69 Å². The first-order chi connectivity index (χ1) is 14.3. The highest BCUT2D eigenvalue weighted by atomic mass is 16.7. The molecule has 0 fully saturated rings. The molecule has 0 unspecified atom stereocenters. The Bertz CT molecular complexity index is 1080. The monoisotopic (exact) mass is 392 g/mol. The van der Waals surface area contributed by atoms with Gasteiger partial charge in [-0.15, -0.1) is 0 Å². The Balaban J connectivity index is 1.36. The van der Waals surface area contributed by atoms with Crippen LogP contribution in [0.3, 0.4) is 0 Å². The summed E-state index contributed by atoms with van der Waals surface area (Å²) in [6.07, 6.45) is 1.56. The van der Waals surface area contributed by atoms with Crippen molar-refractivity contribution in [3.05, 3.63) is 60.3 Å². The Morgan fingerprint density at radius 3 is 2.59 bits per heavy atom. The molecule has 146 valence electrons. The van der Waals surface area contributed by atoms with E-state index < -0.39 is 0 Å². The average molecular weight is 392 g/mol. The molecule has 2 aromatic carbocycles. The molecule has 29 heavy (non-hydrogen) atoms. The van der Waals surface area contributed by atoms with E-state index in [2.05, 4.69) is 10.3 Å². The maximum Gasteiger partial charge on any atom is 0.261 e. The molecule has 2 aliphatic heterocycles. The summed E-state index contributed by atoms with van der Waals surface area (Å²) < 4.78 is 27.5. The van der Waals surface area contributed by atoms with E-state index in [-0.39, 0.29) is 18.6 Å². The van der Waals surface area contributed by atoms with E-state index in [9.17, 15) is 4.79 Å². The van der Waals surface area contributed by atoms with Crippen LogP contribution in [0.5, 0.6) is 34.6 Å². The molecule has 2 aliphatic rings. The van der Waals surface area contributed by atoms with Crippen molar-refractivity contribution >= 4 is 11.6 Å². The van der Waals surface area contributed by atoms with Crippen LogP contribution < -0.4 is 29.0 Å². The Kier molecular flexibility index (Phi) is 4.28. The number of nitrogens with zero attached hydrogens (tertiary/aromatic N) is 1. The SMILES string of the molecule is O=C(Nc1ccc2c(c1)OCCO2)c1cccnc1Oc1ccc2c(c1)OCO2. The van der Waals surface area contributed by atoms with Gasteiger partial charge in [0.15, 0.2) is 23.0 Å². The first-order valence-corrected chi connectivity index (χ1v) is 9.00. The fourth-order valence-electron chi connectivity index (χ4n) is 3.02. The molecular weight excluding hydrogens is 376 g/mol. The van der Waals surface area contributed by atoms with Crippen molar-refractivity contribution in [3.63, 3.8) is 0 Å².